The van der Waals surface area contributed by atoms with Crippen molar-refractivity contribution < 1.29 is 33.6 Å². The number of benzene rings is 2. The van der Waals surface area contributed by atoms with E-state index in [-0.39, 0.29) is 43.1 Å². The molecule has 1 fully saturated rings. The lowest BCUT2D eigenvalue weighted by atomic mass is 9.71. The van der Waals surface area contributed by atoms with Gasteiger partial charge in [0.1, 0.15) is 11.8 Å². The molecule has 1 saturated heterocycles. The predicted molar refractivity (Wildman–Crippen MR) is 154 cm³/mol. The molecule has 6 rings (SSSR count). The number of amides is 1. The number of phenols is 1. The molecule has 43 heavy (non-hydrogen) atoms. The number of carbonyl (C=O) groups is 2. The van der Waals surface area contributed by atoms with E-state index in [0.29, 0.717) is 47.0 Å². The number of carbonyl (C=O) groups excluding carboxylic acids is 2. The second kappa shape index (κ2) is 10.6. The average Bonchev–Trinajstić information content (AvgIpc) is 3.44. The summed E-state index contributed by atoms with van der Waals surface area (Å²) in [5.41, 5.74) is 10.5. The second-order valence-corrected chi connectivity index (χ2v) is 11.9. The van der Waals surface area contributed by atoms with Crippen LogP contribution >= 0.6 is 0 Å². The third-order valence-electron chi connectivity index (χ3n) is 9.39. The van der Waals surface area contributed by atoms with Crippen LogP contribution in [0.25, 0.3) is 0 Å². The van der Waals surface area contributed by atoms with Crippen LogP contribution in [0.3, 0.4) is 0 Å². The van der Waals surface area contributed by atoms with Gasteiger partial charge in [-0.05, 0) is 51.8 Å². The number of fused-ring (bicyclic) bond motifs is 9. The lowest BCUT2D eigenvalue weighted by molar-refractivity contribution is -0.132. The zero-order chi connectivity index (χ0) is 30.9. The zero-order valence-corrected chi connectivity index (χ0v) is 25.2. The summed E-state index contributed by atoms with van der Waals surface area (Å²) in [5.74, 6) is 1.05. The van der Waals surface area contributed by atoms with Crippen molar-refractivity contribution in [2.45, 2.75) is 76.8 Å². The molecule has 0 saturated carbocycles. The molecule has 1 amide bonds. The monoisotopic (exact) mass is 591 g/mol. The highest BCUT2D eigenvalue weighted by Gasteiger charge is 2.56. The fourth-order valence-electron chi connectivity index (χ4n) is 7.67. The van der Waals surface area contributed by atoms with Crippen LogP contribution < -0.4 is 30.0 Å². The summed E-state index contributed by atoms with van der Waals surface area (Å²) in [7, 11) is 3.51. The number of esters is 1. The van der Waals surface area contributed by atoms with Gasteiger partial charge in [0, 0.05) is 47.8 Å². The van der Waals surface area contributed by atoms with Crippen molar-refractivity contribution in [2.24, 2.45) is 5.73 Å². The number of hydrogen-bond acceptors (Lipinski definition) is 11. The standard InChI is InChI=1S/C31H37N5O7/c1-13-7-17-8-19-21(10-32)36-20(25(35(19)5)23(17)26(38)27(13)40-6)9-18-24(22(36)11-34-31(39)15(3)33)30-29(41-12-42-30)14(2)28(18)43-16(4)37/h7,15,19-22,25,38H,8-9,11-12,33H2,1-6H3,(H,34,39)/t15?,19?,20-,21-,22?,25?/m0/s1. The number of nitrogens with two attached hydrogens (primary N) is 1. The Kier molecular flexibility index (Phi) is 7.15. The third kappa shape index (κ3) is 4.29. The van der Waals surface area contributed by atoms with Gasteiger partial charge in [-0.2, -0.15) is 5.26 Å². The Labute approximate surface area is 250 Å². The summed E-state index contributed by atoms with van der Waals surface area (Å²) < 4.78 is 23.3. The van der Waals surface area contributed by atoms with Crippen LogP contribution in [-0.4, -0.2) is 78.4 Å². The minimum Gasteiger partial charge on any atom is -0.504 e. The maximum Gasteiger partial charge on any atom is 0.308 e. The van der Waals surface area contributed by atoms with E-state index in [2.05, 4.69) is 21.2 Å². The Balaban J connectivity index is 1.61. The molecule has 12 heteroatoms. The molecule has 6 atom stereocenters. The number of piperazine rings is 1. The number of nitrogens with zero attached hydrogens (tertiary/aromatic N) is 3. The number of aryl methyl sites for hydroxylation is 1. The van der Waals surface area contributed by atoms with Crippen molar-refractivity contribution in [3.05, 3.63) is 39.4 Å². The Morgan fingerprint density at radius 3 is 2.58 bits per heavy atom. The number of likely N-dealkylation sites (N-methyl/N-ethyl adjacent to an activating group) is 1. The van der Waals surface area contributed by atoms with E-state index in [4.69, 9.17) is 24.7 Å². The molecule has 12 nitrogen and oxygen atoms in total. The van der Waals surface area contributed by atoms with Gasteiger partial charge in [-0.25, -0.2) is 0 Å². The van der Waals surface area contributed by atoms with E-state index < -0.39 is 24.1 Å². The number of nitrogens with one attached hydrogen (secondary N) is 1. The van der Waals surface area contributed by atoms with Crippen LogP contribution in [0.2, 0.25) is 0 Å². The third-order valence-corrected chi connectivity index (χ3v) is 9.39. The van der Waals surface area contributed by atoms with Gasteiger partial charge in [0.15, 0.2) is 23.0 Å². The zero-order valence-electron chi connectivity index (χ0n) is 25.2. The number of rotatable bonds is 5. The van der Waals surface area contributed by atoms with Gasteiger partial charge >= 0.3 is 5.97 Å². The Bertz CT molecular complexity index is 1570. The smallest absolute Gasteiger partial charge is 0.308 e. The van der Waals surface area contributed by atoms with Crippen LogP contribution in [0.15, 0.2) is 6.07 Å². The topological polar surface area (TPSA) is 160 Å². The van der Waals surface area contributed by atoms with Crippen LogP contribution in [-0.2, 0) is 22.4 Å². The van der Waals surface area contributed by atoms with Crippen LogP contribution in [0, 0.1) is 25.2 Å². The number of aromatic hydroxyl groups is 1. The van der Waals surface area contributed by atoms with Crippen molar-refractivity contribution in [2.75, 3.05) is 27.5 Å². The minimum atomic E-state index is -0.739. The molecule has 4 unspecified atom stereocenters. The molecule has 2 aromatic rings. The number of phenolic OH excluding ortho intramolecular Hbond substituents is 1. The summed E-state index contributed by atoms with van der Waals surface area (Å²) in [4.78, 5) is 29.4. The quantitative estimate of drug-likeness (QED) is 0.344. The molecule has 4 heterocycles. The van der Waals surface area contributed by atoms with E-state index in [1.807, 2.05) is 27.0 Å². The van der Waals surface area contributed by atoms with Gasteiger partial charge in [0.05, 0.1) is 31.3 Å². The maximum atomic E-state index is 12.8. The number of nitriles is 1. The van der Waals surface area contributed by atoms with Gasteiger partial charge in [-0.1, -0.05) is 6.07 Å². The fourth-order valence-corrected chi connectivity index (χ4v) is 7.67. The predicted octanol–water partition coefficient (Wildman–Crippen LogP) is 1.91. The van der Waals surface area contributed by atoms with Crippen molar-refractivity contribution in [3.8, 4) is 34.8 Å². The Hall–Kier alpha value is -4.05. The summed E-state index contributed by atoms with van der Waals surface area (Å²) in [5, 5.41) is 25.3. The molecule has 4 aliphatic rings. The highest BCUT2D eigenvalue weighted by molar-refractivity contribution is 5.81. The Morgan fingerprint density at radius 1 is 1.21 bits per heavy atom. The first-order valence-electron chi connectivity index (χ1n) is 14.4. The van der Waals surface area contributed by atoms with Crippen molar-refractivity contribution in [1.82, 2.24) is 15.1 Å². The molecular weight excluding hydrogens is 554 g/mol. The van der Waals surface area contributed by atoms with Crippen LogP contribution in [0.4, 0.5) is 0 Å². The number of ether oxygens (including phenoxy) is 4. The molecule has 228 valence electrons. The van der Waals surface area contributed by atoms with Crippen LogP contribution in [0.5, 0.6) is 28.7 Å². The first-order chi connectivity index (χ1) is 20.5. The van der Waals surface area contributed by atoms with Gasteiger partial charge < -0.3 is 35.1 Å². The normalized spacial score (nSPS) is 26.0. The van der Waals surface area contributed by atoms with E-state index in [0.717, 1.165) is 22.3 Å². The number of methoxy groups -OCH3 is 1. The highest BCUT2D eigenvalue weighted by Crippen LogP contribution is 2.58. The van der Waals surface area contributed by atoms with E-state index in [1.54, 1.807) is 6.92 Å². The van der Waals surface area contributed by atoms with E-state index in [9.17, 15) is 20.0 Å². The largest absolute Gasteiger partial charge is 0.504 e. The van der Waals surface area contributed by atoms with Gasteiger partial charge in [-0.15, -0.1) is 0 Å². The molecule has 0 aromatic heterocycles. The van der Waals surface area contributed by atoms with Gasteiger partial charge in [0.25, 0.3) is 0 Å². The molecule has 4 aliphatic heterocycles. The summed E-state index contributed by atoms with van der Waals surface area (Å²) in [6, 6.07) is 1.83. The highest BCUT2D eigenvalue weighted by atomic mass is 16.7. The maximum absolute atomic E-state index is 12.8. The van der Waals surface area contributed by atoms with E-state index >= 15 is 0 Å². The van der Waals surface area contributed by atoms with Crippen molar-refractivity contribution in [1.29, 1.82) is 5.26 Å². The molecule has 4 N–H and O–H groups in total. The second-order valence-electron chi connectivity index (χ2n) is 11.9. The summed E-state index contributed by atoms with van der Waals surface area (Å²) in [6.45, 7) is 6.79. The van der Waals surface area contributed by atoms with Crippen LogP contribution in [0.1, 0.15) is 59.3 Å². The van der Waals surface area contributed by atoms with Gasteiger partial charge in [-0.3, -0.25) is 19.4 Å². The molecule has 0 spiro atoms. The van der Waals surface area contributed by atoms with Gasteiger partial charge in [0.2, 0.25) is 12.7 Å². The summed E-state index contributed by atoms with van der Waals surface area (Å²) >= 11 is 0. The lowest BCUT2D eigenvalue weighted by Gasteiger charge is -2.60. The van der Waals surface area contributed by atoms with Crippen molar-refractivity contribution in [3.63, 3.8) is 0 Å². The summed E-state index contributed by atoms with van der Waals surface area (Å²) in [6.07, 6.45) is 0.917. The average molecular weight is 592 g/mol. The molecule has 0 radical (unpaired) electrons. The molecule has 2 aromatic carbocycles. The molecule has 2 bridgehead atoms. The first-order valence-corrected chi connectivity index (χ1v) is 14.4. The lowest BCUT2D eigenvalue weighted by Crippen LogP contribution is -2.68. The van der Waals surface area contributed by atoms with E-state index in [1.165, 1.54) is 14.0 Å². The first kappa shape index (κ1) is 29.0. The fraction of sp³-hybridized carbons (Fsp3) is 0.516. The molecule has 0 aliphatic carbocycles. The van der Waals surface area contributed by atoms with Crippen molar-refractivity contribution >= 4 is 11.9 Å². The molecular formula is C31H37N5O7. The SMILES string of the molecule is COc1c(C)cc2c(c1O)C1[C@@H]3Cc4c(OC(C)=O)c(C)c5c(c4C(CNC(=O)C(C)N)N3[C@@H](C#N)C(C2)N1C)OCO5. The number of hydrogen-bond donors (Lipinski definition) is 3. The minimum absolute atomic E-state index is 0.00939. The Morgan fingerprint density at radius 2 is 1.93 bits per heavy atom.